The third kappa shape index (κ3) is 2.65. The minimum atomic E-state index is 0. The van der Waals surface area contributed by atoms with Gasteiger partial charge in [0.25, 0.3) is 5.91 Å². The van der Waals surface area contributed by atoms with Crippen molar-refractivity contribution in [2.75, 3.05) is 19.6 Å². The largest absolute Gasteiger partial charge is 0.338 e. The predicted octanol–water partition coefficient (Wildman–Crippen LogP) is 2.68. The van der Waals surface area contributed by atoms with Gasteiger partial charge in [-0.3, -0.25) is 4.79 Å². The summed E-state index contributed by atoms with van der Waals surface area (Å²) in [5.74, 6) is 0.590. The van der Waals surface area contributed by atoms with Gasteiger partial charge in [-0.15, -0.1) is 12.4 Å². The number of hydrogen-bond acceptors (Lipinski definition) is 2. The number of likely N-dealkylation sites (tertiary alicyclic amines) is 1. The zero-order valence-electron chi connectivity index (χ0n) is 11.3. The van der Waals surface area contributed by atoms with Gasteiger partial charge in [0, 0.05) is 18.7 Å². The summed E-state index contributed by atoms with van der Waals surface area (Å²) in [4.78, 5) is 14.5. The first-order valence-corrected chi connectivity index (χ1v) is 6.76. The molecule has 1 aliphatic rings. The third-order valence-electron chi connectivity index (χ3n) is 3.93. The number of halogens is 1. The molecule has 0 saturated carbocycles. The first-order valence-electron chi connectivity index (χ1n) is 6.76. The summed E-state index contributed by atoms with van der Waals surface area (Å²) >= 11 is 0. The van der Waals surface area contributed by atoms with Gasteiger partial charge in [-0.05, 0) is 35.7 Å². The van der Waals surface area contributed by atoms with Crippen LogP contribution in [0.5, 0.6) is 0 Å². The fraction of sp³-hybridized carbons (Fsp3) is 0.312. The number of amides is 1. The van der Waals surface area contributed by atoms with E-state index in [0.29, 0.717) is 12.5 Å². The Balaban J connectivity index is 0.00000147. The van der Waals surface area contributed by atoms with Crippen molar-refractivity contribution >= 4 is 29.1 Å². The first-order chi connectivity index (χ1) is 9.29. The number of hydrogen-bond donors (Lipinski definition) is 1. The summed E-state index contributed by atoms with van der Waals surface area (Å²) in [6.07, 6.45) is 1.02. The number of nitrogens with two attached hydrogens (primary N) is 1. The van der Waals surface area contributed by atoms with Crippen molar-refractivity contribution in [1.29, 1.82) is 0 Å². The van der Waals surface area contributed by atoms with Crippen LogP contribution >= 0.6 is 12.4 Å². The summed E-state index contributed by atoms with van der Waals surface area (Å²) in [6.45, 7) is 2.28. The van der Waals surface area contributed by atoms with Crippen LogP contribution in [0.3, 0.4) is 0 Å². The lowest BCUT2D eigenvalue weighted by atomic mass is 10.0. The Kier molecular flexibility index (Phi) is 4.63. The van der Waals surface area contributed by atoms with Crippen molar-refractivity contribution in [3.63, 3.8) is 0 Å². The molecule has 0 bridgehead atoms. The van der Waals surface area contributed by atoms with Gasteiger partial charge >= 0.3 is 0 Å². The molecule has 0 aliphatic carbocycles. The Morgan fingerprint density at radius 3 is 2.70 bits per heavy atom. The van der Waals surface area contributed by atoms with E-state index in [2.05, 4.69) is 0 Å². The number of nitrogens with zero attached hydrogens (tertiary/aromatic N) is 1. The van der Waals surface area contributed by atoms with Crippen molar-refractivity contribution < 1.29 is 4.79 Å². The minimum absolute atomic E-state index is 0. The number of rotatable bonds is 2. The zero-order chi connectivity index (χ0) is 13.2. The molecular weight excluding hydrogens is 272 g/mol. The fourth-order valence-electron chi connectivity index (χ4n) is 2.79. The molecule has 3 rings (SSSR count). The highest BCUT2D eigenvalue weighted by atomic mass is 35.5. The monoisotopic (exact) mass is 290 g/mol. The number of benzene rings is 2. The topological polar surface area (TPSA) is 46.3 Å². The van der Waals surface area contributed by atoms with Crippen LogP contribution in [-0.2, 0) is 0 Å². The fourth-order valence-corrected chi connectivity index (χ4v) is 2.79. The Hall–Kier alpha value is -1.58. The molecule has 0 spiro atoms. The summed E-state index contributed by atoms with van der Waals surface area (Å²) in [5.41, 5.74) is 6.49. The highest BCUT2D eigenvalue weighted by Gasteiger charge is 2.26. The van der Waals surface area contributed by atoms with Crippen molar-refractivity contribution in [3.05, 3.63) is 48.0 Å². The molecule has 2 aromatic carbocycles. The maximum absolute atomic E-state index is 12.6. The molecule has 1 aliphatic heterocycles. The molecule has 1 heterocycles. The molecule has 1 atom stereocenters. The van der Waals surface area contributed by atoms with Gasteiger partial charge in [-0.1, -0.05) is 36.4 Å². The highest BCUT2D eigenvalue weighted by Crippen LogP contribution is 2.23. The molecular formula is C16H19ClN2O. The molecule has 4 heteroatoms. The molecule has 2 aromatic rings. The number of carbonyl (C=O) groups is 1. The van der Waals surface area contributed by atoms with Gasteiger partial charge in [-0.25, -0.2) is 0 Å². The van der Waals surface area contributed by atoms with Gasteiger partial charge in [0.2, 0.25) is 0 Å². The lowest BCUT2D eigenvalue weighted by Crippen LogP contribution is -2.30. The molecule has 1 saturated heterocycles. The van der Waals surface area contributed by atoms with E-state index in [1.807, 2.05) is 47.4 Å². The summed E-state index contributed by atoms with van der Waals surface area (Å²) in [5, 5.41) is 2.15. The Bertz CT molecular complexity index is 609. The van der Waals surface area contributed by atoms with E-state index in [4.69, 9.17) is 5.73 Å². The Labute approximate surface area is 125 Å². The first kappa shape index (κ1) is 14.8. The average Bonchev–Trinajstić information content (AvgIpc) is 2.95. The molecule has 1 unspecified atom stereocenters. The van der Waals surface area contributed by atoms with Crippen LogP contribution in [0.1, 0.15) is 16.8 Å². The molecule has 0 aromatic heterocycles. The highest BCUT2D eigenvalue weighted by molar-refractivity contribution is 6.07. The van der Waals surface area contributed by atoms with E-state index < -0.39 is 0 Å². The van der Waals surface area contributed by atoms with E-state index >= 15 is 0 Å². The molecule has 1 fully saturated rings. The van der Waals surface area contributed by atoms with Gasteiger partial charge in [0.05, 0.1) is 0 Å². The summed E-state index contributed by atoms with van der Waals surface area (Å²) in [6, 6.07) is 13.9. The second-order valence-electron chi connectivity index (χ2n) is 5.17. The number of fused-ring (bicyclic) bond motifs is 1. The van der Waals surface area contributed by atoms with Gasteiger partial charge in [0.15, 0.2) is 0 Å². The maximum Gasteiger partial charge on any atom is 0.254 e. The van der Waals surface area contributed by atoms with Crippen LogP contribution in [0.2, 0.25) is 0 Å². The van der Waals surface area contributed by atoms with Crippen LogP contribution in [-0.4, -0.2) is 30.4 Å². The van der Waals surface area contributed by atoms with Crippen LogP contribution < -0.4 is 5.73 Å². The smallest absolute Gasteiger partial charge is 0.254 e. The van der Waals surface area contributed by atoms with E-state index in [9.17, 15) is 4.79 Å². The van der Waals surface area contributed by atoms with Crippen LogP contribution in [0.15, 0.2) is 42.5 Å². The number of carbonyl (C=O) groups excluding carboxylic acids is 1. The van der Waals surface area contributed by atoms with E-state index in [0.717, 1.165) is 35.8 Å². The Morgan fingerprint density at radius 2 is 1.95 bits per heavy atom. The molecule has 0 radical (unpaired) electrons. The summed E-state index contributed by atoms with van der Waals surface area (Å²) < 4.78 is 0. The summed E-state index contributed by atoms with van der Waals surface area (Å²) in [7, 11) is 0. The quantitative estimate of drug-likeness (QED) is 0.924. The SMILES string of the molecule is Cl.NCC1CCN(C(=O)c2cccc3ccccc23)C1. The normalized spacial score (nSPS) is 18.1. The lowest BCUT2D eigenvalue weighted by Gasteiger charge is -2.17. The van der Waals surface area contributed by atoms with Crippen LogP contribution in [0, 0.1) is 5.92 Å². The van der Waals surface area contributed by atoms with Crippen LogP contribution in [0.25, 0.3) is 10.8 Å². The predicted molar refractivity (Wildman–Crippen MR) is 84.3 cm³/mol. The van der Waals surface area contributed by atoms with Gasteiger partial charge < -0.3 is 10.6 Å². The van der Waals surface area contributed by atoms with Gasteiger partial charge in [-0.2, -0.15) is 0 Å². The third-order valence-corrected chi connectivity index (χ3v) is 3.93. The molecule has 2 N–H and O–H groups in total. The minimum Gasteiger partial charge on any atom is -0.338 e. The molecule has 20 heavy (non-hydrogen) atoms. The van der Waals surface area contributed by atoms with Crippen molar-refractivity contribution in [3.8, 4) is 0 Å². The van der Waals surface area contributed by atoms with E-state index in [1.54, 1.807) is 0 Å². The lowest BCUT2D eigenvalue weighted by molar-refractivity contribution is 0.0789. The molecule has 1 amide bonds. The average molecular weight is 291 g/mol. The second-order valence-corrected chi connectivity index (χ2v) is 5.17. The zero-order valence-corrected chi connectivity index (χ0v) is 12.1. The van der Waals surface area contributed by atoms with Crippen molar-refractivity contribution in [2.24, 2.45) is 11.7 Å². The standard InChI is InChI=1S/C16H18N2O.ClH/c17-10-12-8-9-18(11-12)16(19)15-7-3-5-13-4-1-2-6-14(13)15;/h1-7,12H,8-11,17H2;1H. The van der Waals surface area contributed by atoms with Crippen molar-refractivity contribution in [2.45, 2.75) is 6.42 Å². The molecule has 3 nitrogen and oxygen atoms in total. The second kappa shape index (κ2) is 6.25. The molecule has 106 valence electrons. The maximum atomic E-state index is 12.6. The van der Waals surface area contributed by atoms with Gasteiger partial charge in [0.1, 0.15) is 0 Å². The van der Waals surface area contributed by atoms with Crippen LogP contribution in [0.4, 0.5) is 0 Å². The van der Waals surface area contributed by atoms with E-state index in [-0.39, 0.29) is 18.3 Å². The Morgan fingerprint density at radius 1 is 1.20 bits per heavy atom. The van der Waals surface area contributed by atoms with E-state index in [1.165, 1.54) is 0 Å². The van der Waals surface area contributed by atoms with Crippen molar-refractivity contribution in [1.82, 2.24) is 4.90 Å².